The third-order valence-electron chi connectivity index (χ3n) is 2.44. The third kappa shape index (κ3) is 3.18. The van der Waals surface area contributed by atoms with Gasteiger partial charge in [-0.05, 0) is 12.1 Å². The van der Waals surface area contributed by atoms with E-state index < -0.39 is 12.2 Å². The third-order valence-corrected chi connectivity index (χ3v) is 2.44. The highest BCUT2D eigenvalue weighted by Crippen LogP contribution is 2.12. The van der Waals surface area contributed by atoms with Crippen molar-refractivity contribution < 1.29 is 9.18 Å². The maximum absolute atomic E-state index is 12.8. The molecule has 1 fully saturated rings. The molecule has 2 atom stereocenters. The summed E-state index contributed by atoms with van der Waals surface area (Å²) in [5, 5.41) is 5.58. The van der Waals surface area contributed by atoms with E-state index in [0.717, 1.165) is 5.69 Å². The summed E-state index contributed by atoms with van der Waals surface area (Å²) in [4.78, 5) is 11.6. The molecule has 0 unspecified atom stereocenters. The minimum atomic E-state index is -0.906. The van der Waals surface area contributed by atoms with Gasteiger partial charge in [-0.3, -0.25) is 4.79 Å². The number of carbonyl (C=O) groups is 1. The van der Waals surface area contributed by atoms with Gasteiger partial charge in [0.15, 0.2) is 0 Å². The Balaban J connectivity index is 0.00000128. The zero-order chi connectivity index (χ0) is 10.7. The number of carbonyl (C=O) groups excluding carboxylic acids is 1. The average Bonchev–Trinajstić information content (AvgIpc) is 2.66. The molecular formula is C11H14ClFN2O. The average molecular weight is 245 g/mol. The van der Waals surface area contributed by atoms with E-state index in [1.54, 1.807) is 12.1 Å². The molecule has 88 valence electrons. The number of para-hydroxylation sites is 1. The molecule has 0 aromatic heterocycles. The minimum absolute atomic E-state index is 0. The number of anilines is 1. The van der Waals surface area contributed by atoms with Crippen molar-refractivity contribution in [2.24, 2.45) is 0 Å². The van der Waals surface area contributed by atoms with Gasteiger partial charge in [0.1, 0.15) is 6.17 Å². The van der Waals surface area contributed by atoms with E-state index in [1.807, 2.05) is 18.2 Å². The predicted molar refractivity (Wildman–Crippen MR) is 63.6 cm³/mol. The van der Waals surface area contributed by atoms with Crippen LogP contribution in [0.2, 0.25) is 0 Å². The lowest BCUT2D eigenvalue weighted by atomic mass is 10.2. The molecule has 2 rings (SSSR count). The van der Waals surface area contributed by atoms with Gasteiger partial charge >= 0.3 is 0 Å². The first-order valence-corrected chi connectivity index (χ1v) is 4.99. The summed E-state index contributed by atoms with van der Waals surface area (Å²) in [6.45, 7) is 0.271. The van der Waals surface area contributed by atoms with Crippen LogP contribution in [0.1, 0.15) is 6.42 Å². The lowest BCUT2D eigenvalue weighted by Gasteiger charge is -2.10. The van der Waals surface area contributed by atoms with Gasteiger partial charge in [0.25, 0.3) is 0 Å². The smallest absolute Gasteiger partial charge is 0.241 e. The fourth-order valence-electron chi connectivity index (χ4n) is 1.64. The molecule has 1 saturated heterocycles. The minimum Gasteiger partial charge on any atom is -0.325 e. The maximum Gasteiger partial charge on any atom is 0.241 e. The Morgan fingerprint density at radius 3 is 2.62 bits per heavy atom. The highest BCUT2D eigenvalue weighted by molar-refractivity contribution is 5.95. The van der Waals surface area contributed by atoms with Crippen molar-refractivity contribution in [3.63, 3.8) is 0 Å². The fraction of sp³-hybridized carbons (Fsp3) is 0.364. The van der Waals surface area contributed by atoms with Crippen LogP contribution in [0.15, 0.2) is 30.3 Å². The maximum atomic E-state index is 12.8. The Morgan fingerprint density at radius 2 is 2.06 bits per heavy atom. The second-order valence-corrected chi connectivity index (χ2v) is 3.65. The van der Waals surface area contributed by atoms with E-state index in [9.17, 15) is 9.18 Å². The van der Waals surface area contributed by atoms with Gasteiger partial charge < -0.3 is 10.6 Å². The summed E-state index contributed by atoms with van der Waals surface area (Å²) in [7, 11) is 0. The van der Waals surface area contributed by atoms with Crippen molar-refractivity contribution in [3.05, 3.63) is 30.3 Å². The number of rotatable bonds is 2. The molecule has 3 nitrogen and oxygen atoms in total. The molecule has 1 aromatic carbocycles. The van der Waals surface area contributed by atoms with Crippen LogP contribution in [0.4, 0.5) is 10.1 Å². The number of benzene rings is 1. The Morgan fingerprint density at radius 1 is 1.38 bits per heavy atom. The van der Waals surface area contributed by atoms with E-state index in [-0.39, 0.29) is 31.3 Å². The molecule has 5 heteroatoms. The zero-order valence-corrected chi connectivity index (χ0v) is 9.47. The van der Waals surface area contributed by atoms with Crippen LogP contribution in [0.25, 0.3) is 0 Å². The fourth-order valence-corrected chi connectivity index (χ4v) is 1.64. The zero-order valence-electron chi connectivity index (χ0n) is 8.65. The molecule has 0 saturated carbocycles. The van der Waals surface area contributed by atoms with E-state index in [0.29, 0.717) is 0 Å². The highest BCUT2D eigenvalue weighted by atomic mass is 35.5. The predicted octanol–water partition coefficient (Wildman–Crippen LogP) is 1.75. The molecule has 2 N–H and O–H groups in total. The van der Waals surface area contributed by atoms with E-state index in [1.165, 1.54) is 0 Å². The first-order chi connectivity index (χ1) is 7.25. The molecule has 1 aliphatic rings. The second-order valence-electron chi connectivity index (χ2n) is 3.65. The van der Waals surface area contributed by atoms with Gasteiger partial charge in [-0.2, -0.15) is 0 Å². The quantitative estimate of drug-likeness (QED) is 0.832. The number of hydrogen-bond donors (Lipinski definition) is 2. The van der Waals surface area contributed by atoms with Crippen LogP contribution < -0.4 is 10.6 Å². The monoisotopic (exact) mass is 244 g/mol. The van der Waals surface area contributed by atoms with E-state index in [4.69, 9.17) is 0 Å². The largest absolute Gasteiger partial charge is 0.325 e. The van der Waals surface area contributed by atoms with Gasteiger partial charge in [0.2, 0.25) is 5.91 Å². The highest BCUT2D eigenvalue weighted by Gasteiger charge is 2.28. The second kappa shape index (κ2) is 5.82. The van der Waals surface area contributed by atoms with Gasteiger partial charge in [-0.15, -0.1) is 12.4 Å². The molecule has 1 aromatic rings. The van der Waals surface area contributed by atoms with Crippen LogP contribution >= 0.6 is 12.4 Å². The number of amides is 1. The first kappa shape index (κ1) is 12.9. The van der Waals surface area contributed by atoms with Crippen LogP contribution in [0.3, 0.4) is 0 Å². The normalized spacial score (nSPS) is 23.6. The van der Waals surface area contributed by atoms with E-state index >= 15 is 0 Å². The summed E-state index contributed by atoms with van der Waals surface area (Å²) in [6.07, 6.45) is -0.643. The molecule has 1 heterocycles. The Bertz CT molecular complexity index is 347. The van der Waals surface area contributed by atoms with Gasteiger partial charge in [-0.25, -0.2) is 4.39 Å². The summed E-state index contributed by atoms with van der Waals surface area (Å²) < 4.78 is 12.8. The molecule has 1 amide bonds. The summed E-state index contributed by atoms with van der Waals surface area (Å²) in [5.74, 6) is -0.165. The molecule has 0 radical (unpaired) electrons. The number of halogens is 2. The van der Waals surface area contributed by atoms with Crippen molar-refractivity contribution in [2.45, 2.75) is 18.6 Å². The van der Waals surface area contributed by atoms with Gasteiger partial charge in [0, 0.05) is 18.7 Å². The molecule has 0 bridgehead atoms. The molecule has 0 spiro atoms. The van der Waals surface area contributed by atoms with Crippen molar-refractivity contribution >= 4 is 24.0 Å². The van der Waals surface area contributed by atoms with Crippen LogP contribution in [0, 0.1) is 0 Å². The van der Waals surface area contributed by atoms with Gasteiger partial charge in [-0.1, -0.05) is 18.2 Å². The van der Waals surface area contributed by atoms with Gasteiger partial charge in [0.05, 0.1) is 6.04 Å². The lowest BCUT2D eigenvalue weighted by Crippen LogP contribution is -2.35. The van der Waals surface area contributed by atoms with Crippen LogP contribution in [-0.2, 0) is 4.79 Å². The summed E-state index contributed by atoms with van der Waals surface area (Å²) in [5.41, 5.74) is 0.742. The van der Waals surface area contributed by atoms with Crippen LogP contribution in [0.5, 0.6) is 0 Å². The summed E-state index contributed by atoms with van der Waals surface area (Å²) in [6, 6.07) is 8.77. The summed E-state index contributed by atoms with van der Waals surface area (Å²) >= 11 is 0. The van der Waals surface area contributed by atoms with E-state index in [2.05, 4.69) is 10.6 Å². The number of hydrogen-bond acceptors (Lipinski definition) is 2. The van der Waals surface area contributed by atoms with Crippen molar-refractivity contribution in [1.29, 1.82) is 0 Å². The SMILES string of the molecule is Cl.O=C(Nc1ccccc1)[C@H]1C[C@H](F)CN1. The molecule has 16 heavy (non-hydrogen) atoms. The van der Waals surface area contributed by atoms with Crippen molar-refractivity contribution in [1.82, 2.24) is 5.32 Å². The number of nitrogens with one attached hydrogen (secondary N) is 2. The molecule has 1 aliphatic heterocycles. The Hall–Kier alpha value is -1.13. The van der Waals surface area contributed by atoms with Crippen molar-refractivity contribution in [2.75, 3.05) is 11.9 Å². The lowest BCUT2D eigenvalue weighted by molar-refractivity contribution is -0.117. The van der Waals surface area contributed by atoms with Crippen molar-refractivity contribution in [3.8, 4) is 0 Å². The number of alkyl halides is 1. The molecular weight excluding hydrogens is 231 g/mol. The standard InChI is InChI=1S/C11H13FN2O.ClH/c12-8-6-10(13-7-8)11(15)14-9-4-2-1-3-5-9;/h1-5,8,10,13H,6-7H2,(H,14,15);1H/t8-,10+;/m0./s1. The topological polar surface area (TPSA) is 41.1 Å². The first-order valence-electron chi connectivity index (χ1n) is 4.99. The Kier molecular flexibility index (Phi) is 4.71. The molecule has 0 aliphatic carbocycles. The van der Waals surface area contributed by atoms with Crippen LogP contribution in [-0.4, -0.2) is 24.7 Å². The Labute approximate surface area is 99.8 Å².